The molecule has 0 radical (unpaired) electrons. The van der Waals surface area contributed by atoms with E-state index in [0.29, 0.717) is 0 Å². The fourth-order valence-electron chi connectivity index (χ4n) is 1.48. The Morgan fingerprint density at radius 1 is 1.33 bits per heavy atom. The van der Waals surface area contributed by atoms with Crippen molar-refractivity contribution in [3.8, 4) is 0 Å². The highest BCUT2D eigenvalue weighted by molar-refractivity contribution is 7.98. The molecule has 0 spiro atoms. The van der Waals surface area contributed by atoms with E-state index in [9.17, 15) is 5.11 Å². The summed E-state index contributed by atoms with van der Waals surface area (Å²) in [5.41, 5.74) is 0.811. The van der Waals surface area contributed by atoms with Gasteiger partial charge in [0.1, 0.15) is 0 Å². The molecule has 0 aromatic heterocycles. The maximum Gasteiger partial charge on any atom is 0.0652 e. The summed E-state index contributed by atoms with van der Waals surface area (Å²) in [5, 5.41) is 12.9. The van der Waals surface area contributed by atoms with Gasteiger partial charge in [0.2, 0.25) is 0 Å². The SMILES string of the molecule is CSCCNC(C)(CO)c1ccccc1. The second-order valence-electron chi connectivity index (χ2n) is 3.78. The van der Waals surface area contributed by atoms with E-state index in [0.717, 1.165) is 17.9 Å². The summed E-state index contributed by atoms with van der Waals surface area (Å²) in [6, 6.07) is 10.1. The summed E-state index contributed by atoms with van der Waals surface area (Å²) in [6.07, 6.45) is 2.08. The second kappa shape index (κ2) is 6.16. The van der Waals surface area contributed by atoms with E-state index < -0.39 is 0 Å². The van der Waals surface area contributed by atoms with Crippen molar-refractivity contribution >= 4 is 11.8 Å². The molecule has 0 saturated carbocycles. The average molecular weight is 225 g/mol. The molecule has 0 saturated heterocycles. The maximum absolute atomic E-state index is 9.47. The second-order valence-corrected chi connectivity index (χ2v) is 4.76. The maximum atomic E-state index is 9.47. The Morgan fingerprint density at radius 3 is 2.53 bits per heavy atom. The summed E-state index contributed by atoms with van der Waals surface area (Å²) >= 11 is 1.80. The van der Waals surface area contributed by atoms with Gasteiger partial charge in [0, 0.05) is 12.3 Å². The Hall–Kier alpha value is -0.510. The standard InChI is InChI=1S/C12H19NOS/c1-12(10-14,13-8-9-15-2)11-6-4-3-5-7-11/h3-7,13-14H,8-10H2,1-2H3. The molecular weight excluding hydrogens is 206 g/mol. The zero-order chi connectivity index (χ0) is 11.1. The number of hydrogen-bond acceptors (Lipinski definition) is 3. The molecule has 0 fully saturated rings. The lowest BCUT2D eigenvalue weighted by Gasteiger charge is -2.29. The Kier molecular flexibility index (Phi) is 5.15. The van der Waals surface area contributed by atoms with Gasteiger partial charge < -0.3 is 10.4 Å². The van der Waals surface area contributed by atoms with Crippen molar-refractivity contribution in [1.82, 2.24) is 5.32 Å². The molecule has 1 atom stereocenters. The molecule has 0 aliphatic rings. The van der Waals surface area contributed by atoms with Gasteiger partial charge in [-0.1, -0.05) is 30.3 Å². The van der Waals surface area contributed by atoms with Crippen LogP contribution in [0.3, 0.4) is 0 Å². The molecule has 15 heavy (non-hydrogen) atoms. The van der Waals surface area contributed by atoms with Crippen LogP contribution in [0.1, 0.15) is 12.5 Å². The van der Waals surface area contributed by atoms with Crippen LogP contribution >= 0.6 is 11.8 Å². The van der Waals surface area contributed by atoms with Crippen molar-refractivity contribution in [2.75, 3.05) is 25.2 Å². The minimum absolute atomic E-state index is 0.116. The van der Waals surface area contributed by atoms with Gasteiger partial charge in [0.05, 0.1) is 12.1 Å². The van der Waals surface area contributed by atoms with Crippen LogP contribution in [0.5, 0.6) is 0 Å². The van der Waals surface area contributed by atoms with Crippen molar-refractivity contribution in [3.63, 3.8) is 0 Å². The lowest BCUT2D eigenvalue weighted by Crippen LogP contribution is -2.43. The van der Waals surface area contributed by atoms with E-state index >= 15 is 0 Å². The van der Waals surface area contributed by atoms with Gasteiger partial charge in [0.25, 0.3) is 0 Å². The lowest BCUT2D eigenvalue weighted by atomic mass is 9.93. The molecule has 0 amide bonds. The van der Waals surface area contributed by atoms with Gasteiger partial charge in [-0.2, -0.15) is 11.8 Å². The van der Waals surface area contributed by atoms with Crippen LogP contribution in [-0.2, 0) is 5.54 Å². The first kappa shape index (κ1) is 12.6. The molecule has 84 valence electrons. The summed E-state index contributed by atoms with van der Waals surface area (Å²) < 4.78 is 0. The highest BCUT2D eigenvalue weighted by Crippen LogP contribution is 2.19. The Balaban J connectivity index is 2.67. The van der Waals surface area contributed by atoms with Gasteiger partial charge >= 0.3 is 0 Å². The largest absolute Gasteiger partial charge is 0.394 e. The van der Waals surface area contributed by atoms with Crippen LogP contribution in [0.4, 0.5) is 0 Å². The monoisotopic (exact) mass is 225 g/mol. The van der Waals surface area contributed by atoms with Gasteiger partial charge in [-0.25, -0.2) is 0 Å². The molecular formula is C12H19NOS. The minimum Gasteiger partial charge on any atom is -0.394 e. The Bertz CT molecular complexity index is 278. The lowest BCUT2D eigenvalue weighted by molar-refractivity contribution is 0.177. The van der Waals surface area contributed by atoms with Crippen LogP contribution in [0, 0.1) is 0 Å². The summed E-state index contributed by atoms with van der Waals surface area (Å²) in [6.45, 7) is 3.06. The normalized spacial score (nSPS) is 14.9. The molecule has 2 N–H and O–H groups in total. The predicted octanol–water partition coefficient (Wildman–Crippen LogP) is 1.85. The van der Waals surface area contributed by atoms with Gasteiger partial charge in [-0.05, 0) is 18.7 Å². The van der Waals surface area contributed by atoms with Crippen molar-refractivity contribution in [1.29, 1.82) is 0 Å². The Labute approximate surface area is 96.1 Å². The number of aliphatic hydroxyl groups excluding tert-OH is 1. The third-order valence-electron chi connectivity index (χ3n) is 2.55. The highest BCUT2D eigenvalue weighted by Gasteiger charge is 2.24. The van der Waals surface area contributed by atoms with Crippen LogP contribution in [0.2, 0.25) is 0 Å². The molecule has 2 nitrogen and oxygen atoms in total. The Morgan fingerprint density at radius 2 is 2.00 bits per heavy atom. The van der Waals surface area contributed by atoms with Crippen LogP contribution in [-0.4, -0.2) is 30.3 Å². The molecule has 0 bridgehead atoms. The van der Waals surface area contributed by atoms with Crippen LogP contribution in [0.15, 0.2) is 30.3 Å². The van der Waals surface area contributed by atoms with Crippen molar-refractivity contribution in [2.24, 2.45) is 0 Å². The van der Waals surface area contributed by atoms with E-state index in [-0.39, 0.29) is 12.1 Å². The fraction of sp³-hybridized carbons (Fsp3) is 0.500. The number of nitrogens with one attached hydrogen (secondary N) is 1. The minimum atomic E-state index is -0.322. The first-order valence-electron chi connectivity index (χ1n) is 5.13. The number of aliphatic hydroxyl groups is 1. The summed E-state index contributed by atoms with van der Waals surface area (Å²) in [4.78, 5) is 0. The number of benzene rings is 1. The fourth-order valence-corrected chi connectivity index (χ4v) is 1.79. The zero-order valence-corrected chi connectivity index (χ0v) is 10.2. The molecule has 1 aromatic carbocycles. The highest BCUT2D eigenvalue weighted by atomic mass is 32.2. The van der Waals surface area contributed by atoms with E-state index in [2.05, 4.69) is 11.6 Å². The van der Waals surface area contributed by atoms with Crippen molar-refractivity contribution in [2.45, 2.75) is 12.5 Å². The quantitative estimate of drug-likeness (QED) is 0.725. The van der Waals surface area contributed by atoms with Crippen LogP contribution < -0.4 is 5.32 Å². The van der Waals surface area contributed by atoms with E-state index in [1.165, 1.54) is 0 Å². The van der Waals surface area contributed by atoms with E-state index in [4.69, 9.17) is 0 Å². The van der Waals surface area contributed by atoms with Crippen molar-refractivity contribution in [3.05, 3.63) is 35.9 Å². The number of rotatable bonds is 6. The molecule has 3 heteroatoms. The van der Waals surface area contributed by atoms with Crippen molar-refractivity contribution < 1.29 is 5.11 Å². The third-order valence-corrected chi connectivity index (χ3v) is 3.16. The number of thioether (sulfide) groups is 1. The first-order chi connectivity index (χ1) is 7.23. The molecule has 1 aromatic rings. The first-order valence-corrected chi connectivity index (χ1v) is 6.52. The van der Waals surface area contributed by atoms with Crippen LogP contribution in [0.25, 0.3) is 0 Å². The number of hydrogen-bond donors (Lipinski definition) is 2. The van der Waals surface area contributed by atoms with E-state index in [1.54, 1.807) is 11.8 Å². The van der Waals surface area contributed by atoms with E-state index in [1.807, 2.05) is 37.3 Å². The zero-order valence-electron chi connectivity index (χ0n) is 9.36. The average Bonchev–Trinajstić information content (AvgIpc) is 2.30. The summed E-state index contributed by atoms with van der Waals surface area (Å²) in [7, 11) is 0. The smallest absolute Gasteiger partial charge is 0.0652 e. The molecule has 0 aliphatic heterocycles. The third kappa shape index (κ3) is 3.52. The van der Waals surface area contributed by atoms with Gasteiger partial charge in [-0.3, -0.25) is 0 Å². The predicted molar refractivity (Wildman–Crippen MR) is 67.3 cm³/mol. The summed E-state index contributed by atoms with van der Waals surface area (Å²) in [5.74, 6) is 1.06. The molecule has 0 heterocycles. The molecule has 1 rings (SSSR count). The van der Waals surface area contributed by atoms with Gasteiger partial charge in [-0.15, -0.1) is 0 Å². The topological polar surface area (TPSA) is 32.3 Å². The molecule has 1 unspecified atom stereocenters. The molecule has 0 aliphatic carbocycles. The van der Waals surface area contributed by atoms with Gasteiger partial charge in [0.15, 0.2) is 0 Å².